The lowest BCUT2D eigenvalue weighted by molar-refractivity contribution is 0.661. The molecular formula is C110H76N6. The predicted molar refractivity (Wildman–Crippen MR) is 477 cm³/mol. The molecule has 4 aromatic heterocycles. The number of pyridine rings is 2. The van der Waals surface area contributed by atoms with Crippen LogP contribution in [0, 0.1) is 0 Å². The monoisotopic (exact) mass is 1480 g/mol. The Labute approximate surface area is 676 Å². The van der Waals surface area contributed by atoms with Crippen LogP contribution in [0.1, 0.15) is 47.2 Å². The Morgan fingerprint density at radius 2 is 0.526 bits per heavy atom. The van der Waals surface area contributed by atoms with E-state index in [0.717, 1.165) is 95.1 Å². The van der Waals surface area contributed by atoms with E-state index in [-0.39, 0.29) is 5.41 Å². The van der Waals surface area contributed by atoms with Gasteiger partial charge in [-0.15, -0.1) is 0 Å². The standard InChI is InChI=1S/C58H39N3.C52H37N3/c1-4-13-46(14-5-1)57-60-55(38-56(61-57)45-32-28-43(29-33-45)48-15-12-36-59-39-48)44-30-26-41(27-31-44)40-22-24-42(25-23-40)47-34-35-54-52(37-47)51-20-10-11-21-53(51)58(54,49-16-6-2-7-17-49)50-18-8-3-9-19-50;1-52(2)46-28-27-42(31-45(46)50-44-13-7-6-9-38(44)26-29-47(50)52)36-16-14-34(15-17-36)35-18-22-39(23-19-35)48-32-49(55-51(54-48)41-10-4-3-5-11-41)40-24-20-37(21-25-40)43-12-8-30-53-33-43/h1-39H;3-33H,1-2H3. The molecule has 546 valence electrons. The number of fused-ring (bicyclic) bond motifs is 8. The van der Waals surface area contributed by atoms with E-state index in [4.69, 9.17) is 19.9 Å². The predicted octanol–water partition coefficient (Wildman–Crippen LogP) is 27.6. The van der Waals surface area contributed by atoms with Crippen LogP contribution in [0.3, 0.4) is 0 Å². The fourth-order valence-electron chi connectivity index (χ4n) is 17.4. The van der Waals surface area contributed by atoms with Crippen LogP contribution in [0.25, 0.3) is 168 Å². The van der Waals surface area contributed by atoms with E-state index in [1.807, 2.05) is 60.9 Å². The highest BCUT2D eigenvalue weighted by molar-refractivity contribution is 6.03. The van der Waals surface area contributed by atoms with Crippen LogP contribution in [-0.2, 0) is 10.8 Å². The first-order valence-corrected chi connectivity index (χ1v) is 39.6. The molecule has 0 unspecified atom stereocenters. The maximum Gasteiger partial charge on any atom is 0.160 e. The fraction of sp³-hybridized carbons (Fsp3) is 0.0364. The summed E-state index contributed by atoms with van der Waals surface area (Å²) < 4.78 is 0. The molecule has 116 heavy (non-hydrogen) atoms. The Hall–Kier alpha value is -15.0. The van der Waals surface area contributed by atoms with Crippen LogP contribution >= 0.6 is 0 Å². The van der Waals surface area contributed by atoms with Crippen LogP contribution in [0.15, 0.2) is 425 Å². The van der Waals surface area contributed by atoms with Crippen molar-refractivity contribution < 1.29 is 0 Å². The van der Waals surface area contributed by atoms with Gasteiger partial charge in [0.25, 0.3) is 0 Å². The second-order valence-corrected chi connectivity index (χ2v) is 30.5. The molecule has 0 saturated heterocycles. The van der Waals surface area contributed by atoms with Gasteiger partial charge in [0, 0.05) is 63.6 Å². The molecule has 0 N–H and O–H groups in total. The molecule has 2 aliphatic rings. The third-order valence-electron chi connectivity index (χ3n) is 23.4. The van der Waals surface area contributed by atoms with Gasteiger partial charge < -0.3 is 0 Å². The zero-order valence-electron chi connectivity index (χ0n) is 64.1. The molecule has 0 atom stereocenters. The van der Waals surface area contributed by atoms with E-state index in [0.29, 0.717) is 11.6 Å². The first kappa shape index (κ1) is 70.2. The molecule has 0 spiro atoms. The molecule has 0 aliphatic heterocycles. The molecular weight excluding hydrogens is 1410 g/mol. The van der Waals surface area contributed by atoms with Gasteiger partial charge in [0.05, 0.1) is 28.2 Å². The zero-order chi connectivity index (χ0) is 77.5. The molecule has 6 heteroatoms. The summed E-state index contributed by atoms with van der Waals surface area (Å²) in [6.45, 7) is 4.70. The SMILES string of the molecule is CC1(C)c2ccc(-c3ccc(-c4ccc(-c5cc(-c6ccc(-c7cccnc7)cc6)nc(-c6ccccc6)n5)cc4)cc3)cc2-c2c1ccc1ccccc21.c1ccc(-c2nc(-c3ccc(-c4ccc(-c5ccc6c(c5)-c5ccccc5C6(c5ccccc5)c5ccccc5)cc4)cc3)cc(-c3ccc(-c4cccnc4)cc3)n2)cc1. The first-order chi connectivity index (χ1) is 57.2. The summed E-state index contributed by atoms with van der Waals surface area (Å²) in [5.41, 5.74) is 36.4. The van der Waals surface area contributed by atoms with Gasteiger partial charge in [-0.1, -0.05) is 378 Å². The van der Waals surface area contributed by atoms with Crippen molar-refractivity contribution in [1.29, 1.82) is 0 Å². The quantitative estimate of drug-likeness (QED) is 0.108. The lowest BCUT2D eigenvalue weighted by atomic mass is 9.67. The average molecular weight is 1480 g/mol. The van der Waals surface area contributed by atoms with Crippen LogP contribution in [-0.4, -0.2) is 29.9 Å². The number of aromatic nitrogens is 6. The van der Waals surface area contributed by atoms with E-state index in [9.17, 15) is 0 Å². The van der Waals surface area contributed by atoms with Crippen molar-refractivity contribution in [2.45, 2.75) is 24.7 Å². The van der Waals surface area contributed by atoms with Crippen molar-refractivity contribution in [2.75, 3.05) is 0 Å². The number of rotatable bonds is 14. The van der Waals surface area contributed by atoms with Gasteiger partial charge in [0.1, 0.15) is 0 Å². The number of nitrogens with zero attached hydrogens (tertiary/aromatic N) is 6. The maximum absolute atomic E-state index is 5.07. The number of hydrogen-bond donors (Lipinski definition) is 0. The van der Waals surface area contributed by atoms with Crippen molar-refractivity contribution in [3.63, 3.8) is 0 Å². The Morgan fingerprint density at radius 3 is 0.948 bits per heavy atom. The van der Waals surface area contributed by atoms with Crippen molar-refractivity contribution in [3.8, 4) is 157 Å². The summed E-state index contributed by atoms with van der Waals surface area (Å²) in [5.74, 6) is 1.40. The lowest BCUT2D eigenvalue weighted by Gasteiger charge is -2.33. The van der Waals surface area contributed by atoms with Crippen LogP contribution < -0.4 is 0 Å². The fourth-order valence-corrected chi connectivity index (χ4v) is 17.4. The van der Waals surface area contributed by atoms with E-state index < -0.39 is 5.41 Å². The summed E-state index contributed by atoms with van der Waals surface area (Å²) in [6, 6.07) is 143. The smallest absolute Gasteiger partial charge is 0.160 e. The number of hydrogen-bond acceptors (Lipinski definition) is 6. The third kappa shape index (κ3) is 13.0. The Kier molecular flexibility index (Phi) is 18.1. The van der Waals surface area contributed by atoms with E-state index in [1.165, 1.54) is 94.2 Å². The largest absolute Gasteiger partial charge is 0.264 e. The van der Waals surface area contributed by atoms with E-state index in [2.05, 4.69) is 376 Å². The highest BCUT2D eigenvalue weighted by atomic mass is 14.9. The van der Waals surface area contributed by atoms with Gasteiger partial charge in [-0.05, 0) is 170 Å². The molecule has 0 saturated carbocycles. The normalized spacial score (nSPS) is 12.5. The summed E-state index contributed by atoms with van der Waals surface area (Å²) >= 11 is 0. The molecule has 0 amide bonds. The molecule has 2 aliphatic carbocycles. The Morgan fingerprint density at radius 1 is 0.207 bits per heavy atom. The minimum absolute atomic E-state index is 0.0358. The summed E-state index contributed by atoms with van der Waals surface area (Å²) in [6.07, 6.45) is 7.37. The van der Waals surface area contributed by atoms with Crippen LogP contribution in [0.5, 0.6) is 0 Å². The molecule has 15 aromatic carbocycles. The van der Waals surface area contributed by atoms with Gasteiger partial charge in [0.2, 0.25) is 0 Å². The maximum atomic E-state index is 5.07. The van der Waals surface area contributed by atoms with Crippen molar-refractivity contribution in [3.05, 3.63) is 459 Å². The van der Waals surface area contributed by atoms with Gasteiger partial charge >= 0.3 is 0 Å². The van der Waals surface area contributed by atoms with E-state index >= 15 is 0 Å². The van der Waals surface area contributed by atoms with Gasteiger partial charge in [0.15, 0.2) is 11.6 Å². The van der Waals surface area contributed by atoms with Gasteiger partial charge in [-0.3, -0.25) is 9.97 Å². The average Bonchev–Trinajstić information content (AvgIpc) is 1.57. The van der Waals surface area contributed by atoms with Crippen molar-refractivity contribution in [1.82, 2.24) is 29.9 Å². The summed E-state index contributed by atoms with van der Waals surface area (Å²) in [4.78, 5) is 28.8. The lowest BCUT2D eigenvalue weighted by Crippen LogP contribution is -2.28. The second kappa shape index (κ2) is 29.9. The van der Waals surface area contributed by atoms with Crippen LogP contribution in [0.4, 0.5) is 0 Å². The molecule has 0 fully saturated rings. The molecule has 6 nitrogen and oxygen atoms in total. The van der Waals surface area contributed by atoms with Gasteiger partial charge in [-0.25, -0.2) is 19.9 Å². The highest BCUT2D eigenvalue weighted by Crippen LogP contribution is 2.57. The molecule has 4 heterocycles. The number of benzene rings is 15. The zero-order valence-corrected chi connectivity index (χ0v) is 64.1. The van der Waals surface area contributed by atoms with Crippen LogP contribution in [0.2, 0.25) is 0 Å². The second-order valence-electron chi connectivity index (χ2n) is 30.5. The van der Waals surface area contributed by atoms with Crippen molar-refractivity contribution in [2.24, 2.45) is 0 Å². The Bertz CT molecular complexity index is 6760. The highest BCUT2D eigenvalue weighted by Gasteiger charge is 2.46. The van der Waals surface area contributed by atoms with Gasteiger partial charge in [-0.2, -0.15) is 0 Å². The topological polar surface area (TPSA) is 77.3 Å². The third-order valence-corrected chi connectivity index (χ3v) is 23.4. The Balaban J connectivity index is 0.000000150. The molecule has 21 rings (SSSR count). The molecule has 0 bridgehead atoms. The van der Waals surface area contributed by atoms with Crippen molar-refractivity contribution >= 4 is 10.8 Å². The minimum Gasteiger partial charge on any atom is -0.264 e. The molecule has 0 radical (unpaired) electrons. The summed E-state index contributed by atoms with van der Waals surface area (Å²) in [5, 5.41) is 2.61. The van der Waals surface area contributed by atoms with E-state index in [1.54, 1.807) is 12.4 Å². The summed E-state index contributed by atoms with van der Waals surface area (Å²) in [7, 11) is 0. The minimum atomic E-state index is -0.397. The first-order valence-electron chi connectivity index (χ1n) is 39.6. The molecule has 19 aromatic rings.